The summed E-state index contributed by atoms with van der Waals surface area (Å²) in [6.45, 7) is 10.1. The average molecular weight is 426 g/mol. The molecule has 0 spiro atoms. The number of hydrogen-bond acceptors (Lipinski definition) is 6. The highest BCUT2D eigenvalue weighted by Gasteiger charge is 2.53. The van der Waals surface area contributed by atoms with Crippen LogP contribution in [-0.4, -0.2) is 38.6 Å². The molecule has 2 heterocycles. The van der Waals surface area contributed by atoms with E-state index in [0.717, 1.165) is 22.2 Å². The summed E-state index contributed by atoms with van der Waals surface area (Å²) in [5.41, 5.74) is 2.78. The van der Waals surface area contributed by atoms with Crippen LogP contribution in [0.5, 0.6) is 5.75 Å². The Morgan fingerprint density at radius 2 is 1.55 bits per heavy atom. The monoisotopic (exact) mass is 426 g/mol. The molecule has 2 aromatic rings. The molecule has 166 valence electrons. The molecule has 0 amide bonds. The molecule has 6 nitrogen and oxygen atoms in total. The second-order valence-corrected chi connectivity index (χ2v) is 8.97. The highest BCUT2D eigenvalue weighted by atomic mass is 16.7. The van der Waals surface area contributed by atoms with Crippen LogP contribution in [0.3, 0.4) is 0 Å². The molecule has 0 aliphatic carbocycles. The van der Waals surface area contributed by atoms with Crippen molar-refractivity contribution in [1.82, 2.24) is 0 Å². The number of methoxy groups -OCH3 is 1. The summed E-state index contributed by atoms with van der Waals surface area (Å²) < 4.78 is 36.2. The van der Waals surface area contributed by atoms with Crippen molar-refractivity contribution in [3.05, 3.63) is 59.2 Å². The predicted molar refractivity (Wildman–Crippen MR) is 118 cm³/mol. The first-order valence-corrected chi connectivity index (χ1v) is 10.7. The second kappa shape index (κ2) is 8.92. The first kappa shape index (κ1) is 22.3. The van der Waals surface area contributed by atoms with E-state index in [0.29, 0.717) is 32.2 Å². The Labute approximate surface area is 184 Å². The van der Waals surface area contributed by atoms with Crippen molar-refractivity contribution in [2.24, 2.45) is 0 Å². The van der Waals surface area contributed by atoms with Crippen LogP contribution in [0.2, 0.25) is 0 Å². The van der Waals surface area contributed by atoms with Gasteiger partial charge in [0.25, 0.3) is 0 Å². The van der Waals surface area contributed by atoms with Crippen molar-refractivity contribution in [2.45, 2.75) is 58.4 Å². The molecule has 2 aromatic carbocycles. The van der Waals surface area contributed by atoms with E-state index in [2.05, 4.69) is 0 Å². The van der Waals surface area contributed by atoms with Crippen molar-refractivity contribution < 1.29 is 28.3 Å². The summed E-state index contributed by atoms with van der Waals surface area (Å²) in [5.74, 6) is 0.690. The molecular weight excluding hydrogens is 395 g/mol. The Morgan fingerprint density at radius 3 is 2.16 bits per heavy atom. The molecule has 0 radical (unpaired) electrons. The van der Waals surface area contributed by atoms with E-state index in [1.165, 1.54) is 0 Å². The largest absolute Gasteiger partial charge is 0.495 e. The second-order valence-electron chi connectivity index (χ2n) is 8.97. The van der Waals surface area contributed by atoms with Crippen molar-refractivity contribution in [3.8, 4) is 5.75 Å². The summed E-state index contributed by atoms with van der Waals surface area (Å²) in [5, 5.41) is 0. The molecule has 2 aliphatic rings. The molecule has 2 fully saturated rings. The van der Waals surface area contributed by atoms with Crippen molar-refractivity contribution in [2.75, 3.05) is 20.3 Å². The lowest BCUT2D eigenvalue weighted by molar-refractivity contribution is -0.0453. The van der Waals surface area contributed by atoms with Crippen LogP contribution in [0.15, 0.2) is 42.5 Å². The Bertz CT molecular complexity index is 876. The first-order valence-electron chi connectivity index (χ1n) is 10.7. The maximum absolute atomic E-state index is 6.37. The normalized spacial score (nSPS) is 20.4. The van der Waals surface area contributed by atoms with Crippen LogP contribution in [0.1, 0.15) is 50.7 Å². The predicted octanol–water partition coefficient (Wildman–Crippen LogP) is 3.76. The maximum atomic E-state index is 6.37. The van der Waals surface area contributed by atoms with Gasteiger partial charge in [-0.1, -0.05) is 36.4 Å². The number of rotatable bonds is 7. The molecule has 2 saturated heterocycles. The minimum atomic E-state index is -0.566. The fourth-order valence-corrected chi connectivity index (χ4v) is 3.75. The molecule has 0 N–H and O–H groups in total. The van der Waals surface area contributed by atoms with Crippen LogP contribution in [0.4, 0.5) is 0 Å². The summed E-state index contributed by atoms with van der Waals surface area (Å²) in [6, 6.07) is 14.1. The third kappa shape index (κ3) is 4.66. The molecule has 7 heteroatoms. The molecule has 0 aromatic heterocycles. The zero-order chi connectivity index (χ0) is 22.1. The van der Waals surface area contributed by atoms with Crippen LogP contribution in [0.25, 0.3) is 0 Å². The van der Waals surface area contributed by atoms with E-state index < -0.39 is 24.6 Å². The van der Waals surface area contributed by atoms with Gasteiger partial charge >= 0.3 is 7.12 Å². The van der Waals surface area contributed by atoms with E-state index in [1.54, 1.807) is 7.11 Å². The molecule has 31 heavy (non-hydrogen) atoms. The fourth-order valence-electron chi connectivity index (χ4n) is 3.75. The summed E-state index contributed by atoms with van der Waals surface area (Å²) in [4.78, 5) is 0. The number of ether oxygens (including phenoxy) is 4. The molecule has 0 unspecified atom stereocenters. The van der Waals surface area contributed by atoms with E-state index in [9.17, 15) is 0 Å². The molecular formula is C24H31BO6. The minimum absolute atomic E-state index is 0.430. The Hall–Kier alpha value is -1.90. The summed E-state index contributed by atoms with van der Waals surface area (Å²) >= 11 is 0. The first-order chi connectivity index (χ1) is 14.8. The lowest BCUT2D eigenvalue weighted by Gasteiger charge is -2.32. The standard InChI is InChI=1S/C24H31BO6/c1-23(2)24(3,4)31-25(30-23)19-13-18(15-26-5)14-20(21(19)22-27-11-12-28-22)29-16-17-9-7-6-8-10-17/h6-10,13-14,22H,11-12,15-16H2,1-5H3. The van der Waals surface area contributed by atoms with Gasteiger partial charge in [-0.25, -0.2) is 0 Å². The van der Waals surface area contributed by atoms with Crippen LogP contribution < -0.4 is 10.2 Å². The fraction of sp³-hybridized carbons (Fsp3) is 0.500. The lowest BCUT2D eigenvalue weighted by atomic mass is 9.74. The average Bonchev–Trinajstić information content (AvgIpc) is 3.33. The summed E-state index contributed by atoms with van der Waals surface area (Å²) in [7, 11) is 1.11. The number of benzene rings is 2. The van der Waals surface area contributed by atoms with Gasteiger partial charge in [0, 0.05) is 12.7 Å². The van der Waals surface area contributed by atoms with E-state index in [4.69, 9.17) is 28.3 Å². The molecule has 4 rings (SSSR count). The van der Waals surface area contributed by atoms with Crippen molar-refractivity contribution in [3.63, 3.8) is 0 Å². The van der Waals surface area contributed by atoms with Crippen LogP contribution in [0, 0.1) is 0 Å². The minimum Gasteiger partial charge on any atom is -0.488 e. The quantitative estimate of drug-likeness (QED) is 0.629. The zero-order valence-electron chi connectivity index (χ0n) is 19.0. The Kier molecular flexibility index (Phi) is 6.42. The van der Waals surface area contributed by atoms with Crippen LogP contribution in [-0.2, 0) is 36.7 Å². The maximum Gasteiger partial charge on any atom is 0.495 e. The van der Waals surface area contributed by atoms with Gasteiger partial charge in [0.1, 0.15) is 12.4 Å². The van der Waals surface area contributed by atoms with Crippen molar-refractivity contribution in [1.29, 1.82) is 0 Å². The van der Waals surface area contributed by atoms with Gasteiger partial charge in [-0.05, 0) is 50.4 Å². The molecule has 0 saturated carbocycles. The Balaban J connectivity index is 1.75. The van der Waals surface area contributed by atoms with Gasteiger partial charge in [-0.3, -0.25) is 0 Å². The lowest BCUT2D eigenvalue weighted by Crippen LogP contribution is -2.41. The zero-order valence-corrected chi connectivity index (χ0v) is 19.0. The van der Waals surface area contributed by atoms with Gasteiger partial charge in [0.2, 0.25) is 0 Å². The SMILES string of the molecule is COCc1cc(OCc2ccccc2)c(C2OCCO2)c(B2OC(C)(C)C(C)(C)O2)c1. The van der Waals surface area contributed by atoms with Gasteiger partial charge in [-0.15, -0.1) is 0 Å². The number of hydrogen-bond donors (Lipinski definition) is 0. The topological polar surface area (TPSA) is 55.4 Å². The van der Waals surface area contributed by atoms with Gasteiger partial charge < -0.3 is 28.3 Å². The summed E-state index contributed by atoms with van der Waals surface area (Å²) in [6.07, 6.45) is -0.531. The highest BCUT2D eigenvalue weighted by molar-refractivity contribution is 6.62. The van der Waals surface area contributed by atoms with E-state index >= 15 is 0 Å². The third-order valence-corrected chi connectivity index (χ3v) is 6.15. The van der Waals surface area contributed by atoms with Crippen LogP contribution >= 0.6 is 0 Å². The molecule has 0 bridgehead atoms. The molecule has 0 atom stereocenters. The van der Waals surface area contributed by atoms with Gasteiger partial charge in [0.05, 0.1) is 31.0 Å². The van der Waals surface area contributed by atoms with Gasteiger partial charge in [0.15, 0.2) is 6.29 Å². The highest BCUT2D eigenvalue weighted by Crippen LogP contribution is 2.39. The third-order valence-electron chi connectivity index (χ3n) is 6.15. The van der Waals surface area contributed by atoms with E-state index in [-0.39, 0.29) is 0 Å². The van der Waals surface area contributed by atoms with Gasteiger partial charge in [-0.2, -0.15) is 0 Å². The van der Waals surface area contributed by atoms with E-state index in [1.807, 2.05) is 70.2 Å². The Morgan fingerprint density at radius 1 is 0.903 bits per heavy atom. The smallest absolute Gasteiger partial charge is 0.488 e. The van der Waals surface area contributed by atoms with Crippen molar-refractivity contribution >= 4 is 12.6 Å². The molecule has 2 aliphatic heterocycles.